The van der Waals surface area contributed by atoms with Crippen LogP contribution in [-0.2, 0) is 14.3 Å². The second-order valence-corrected chi connectivity index (χ2v) is 4.13. The van der Waals surface area contributed by atoms with Crippen LogP contribution in [0.15, 0.2) is 30.3 Å². The molecule has 0 saturated heterocycles. The van der Waals surface area contributed by atoms with Crippen molar-refractivity contribution < 1.29 is 19.1 Å². The highest BCUT2D eigenvalue weighted by atomic mass is 16.5. The van der Waals surface area contributed by atoms with Crippen LogP contribution in [0.25, 0.3) is 6.08 Å². The smallest absolute Gasteiger partial charge is 0.331 e. The summed E-state index contributed by atoms with van der Waals surface area (Å²) < 4.78 is 10.2. The summed E-state index contributed by atoms with van der Waals surface area (Å²) in [6.45, 7) is 3.26. The maximum atomic E-state index is 11.5. The second kappa shape index (κ2) is 7.99. The summed E-state index contributed by atoms with van der Waals surface area (Å²) >= 11 is 0. The molecule has 1 unspecified atom stereocenters. The van der Waals surface area contributed by atoms with Gasteiger partial charge in [0.25, 0.3) is 0 Å². The summed E-state index contributed by atoms with van der Waals surface area (Å²) in [7, 11) is 1.27. The molecule has 1 aromatic rings. The Kier molecular flexibility index (Phi) is 6.29. The number of methoxy groups -OCH3 is 1. The summed E-state index contributed by atoms with van der Waals surface area (Å²) in [4.78, 5) is 22.6. The molecule has 1 N–H and O–H groups in total. The highest BCUT2D eigenvalue weighted by Crippen LogP contribution is 2.19. The number of benzene rings is 1. The van der Waals surface area contributed by atoms with E-state index >= 15 is 0 Å². The molecule has 0 aliphatic rings. The molecule has 108 valence electrons. The molecule has 0 aliphatic carbocycles. The van der Waals surface area contributed by atoms with E-state index in [0.717, 1.165) is 5.56 Å². The van der Waals surface area contributed by atoms with E-state index in [-0.39, 0.29) is 12.5 Å². The first kappa shape index (κ1) is 15.8. The van der Waals surface area contributed by atoms with Crippen molar-refractivity contribution in [1.29, 1.82) is 0 Å². The predicted octanol–water partition coefficient (Wildman–Crippen LogP) is 1.78. The van der Waals surface area contributed by atoms with Crippen LogP contribution in [0, 0.1) is 0 Å². The molecule has 1 aromatic carbocycles. The van der Waals surface area contributed by atoms with Crippen LogP contribution in [0.4, 0.5) is 0 Å². The van der Waals surface area contributed by atoms with Crippen molar-refractivity contribution >= 4 is 18.0 Å². The number of ether oxygens (including phenoxy) is 2. The molecular formula is C15H19NO4. The van der Waals surface area contributed by atoms with Gasteiger partial charge in [0.05, 0.1) is 7.11 Å². The van der Waals surface area contributed by atoms with Gasteiger partial charge in [-0.2, -0.15) is 0 Å². The van der Waals surface area contributed by atoms with Crippen molar-refractivity contribution in [3.8, 4) is 5.75 Å². The monoisotopic (exact) mass is 277 g/mol. The molecule has 0 radical (unpaired) electrons. The summed E-state index contributed by atoms with van der Waals surface area (Å²) in [6, 6.07) is 6.62. The molecule has 0 fully saturated rings. The fourth-order valence-corrected chi connectivity index (χ4v) is 1.66. The Balaban J connectivity index is 2.76. The molecule has 20 heavy (non-hydrogen) atoms. The first-order valence-corrected chi connectivity index (χ1v) is 6.28. The Labute approximate surface area is 118 Å². The highest BCUT2D eigenvalue weighted by Gasteiger charge is 2.21. The number of amides is 1. The van der Waals surface area contributed by atoms with Gasteiger partial charge in [-0.3, -0.25) is 4.79 Å². The van der Waals surface area contributed by atoms with Gasteiger partial charge in [0.2, 0.25) is 5.91 Å². The number of carbonyl (C=O) groups is 2. The molecule has 0 aromatic heterocycles. The fourth-order valence-electron chi connectivity index (χ4n) is 1.66. The first-order valence-electron chi connectivity index (χ1n) is 6.28. The maximum Gasteiger partial charge on any atom is 0.331 e. The summed E-state index contributed by atoms with van der Waals surface area (Å²) in [5, 5.41) is 2.50. The largest absolute Gasteiger partial charge is 0.490 e. The van der Waals surface area contributed by atoms with Gasteiger partial charge in [-0.15, -0.1) is 0 Å². The normalized spacial score (nSPS) is 11.9. The van der Waals surface area contributed by atoms with Crippen molar-refractivity contribution in [3.05, 3.63) is 35.9 Å². The predicted molar refractivity (Wildman–Crippen MR) is 76.3 cm³/mol. The Hall–Kier alpha value is -2.30. The van der Waals surface area contributed by atoms with E-state index in [0.29, 0.717) is 5.75 Å². The van der Waals surface area contributed by atoms with E-state index < -0.39 is 12.0 Å². The van der Waals surface area contributed by atoms with Crippen molar-refractivity contribution in [2.45, 2.75) is 19.9 Å². The zero-order chi connectivity index (χ0) is 15.0. The lowest BCUT2D eigenvalue weighted by molar-refractivity contribution is -0.145. The Bertz CT molecular complexity index is 496. The third-order valence-electron chi connectivity index (χ3n) is 2.53. The van der Waals surface area contributed by atoms with Crippen LogP contribution >= 0.6 is 0 Å². The number of hydrogen-bond acceptors (Lipinski definition) is 4. The molecule has 0 heterocycles. The SMILES string of the molecule is CC=Cc1ccccc1OCC(NC(C)=O)C(=O)OC. The van der Waals surface area contributed by atoms with Gasteiger partial charge >= 0.3 is 5.97 Å². The number of carbonyl (C=O) groups excluding carboxylic acids is 2. The third-order valence-corrected chi connectivity index (χ3v) is 2.53. The number of esters is 1. The van der Waals surface area contributed by atoms with Crippen LogP contribution in [0.5, 0.6) is 5.75 Å². The molecule has 0 bridgehead atoms. The number of para-hydroxylation sites is 1. The molecular weight excluding hydrogens is 258 g/mol. The van der Waals surface area contributed by atoms with Crippen LogP contribution < -0.4 is 10.1 Å². The van der Waals surface area contributed by atoms with Gasteiger partial charge < -0.3 is 14.8 Å². The Morgan fingerprint density at radius 2 is 2.05 bits per heavy atom. The molecule has 1 rings (SSSR count). The van der Waals surface area contributed by atoms with E-state index in [1.165, 1.54) is 14.0 Å². The van der Waals surface area contributed by atoms with Gasteiger partial charge in [-0.05, 0) is 13.0 Å². The molecule has 0 aliphatic heterocycles. The summed E-state index contributed by atoms with van der Waals surface area (Å²) in [6.07, 6.45) is 3.80. The zero-order valence-electron chi connectivity index (χ0n) is 11.9. The molecule has 5 nitrogen and oxygen atoms in total. The molecule has 5 heteroatoms. The third kappa shape index (κ3) is 4.76. The van der Waals surface area contributed by atoms with E-state index in [1.807, 2.05) is 37.3 Å². The van der Waals surface area contributed by atoms with Crippen molar-refractivity contribution in [2.24, 2.45) is 0 Å². The lowest BCUT2D eigenvalue weighted by atomic mass is 10.2. The minimum atomic E-state index is -0.823. The second-order valence-electron chi connectivity index (χ2n) is 4.13. The quantitative estimate of drug-likeness (QED) is 0.805. The fraction of sp³-hybridized carbons (Fsp3) is 0.333. The van der Waals surface area contributed by atoms with Crippen molar-refractivity contribution in [1.82, 2.24) is 5.32 Å². The maximum absolute atomic E-state index is 11.5. The van der Waals surface area contributed by atoms with Gasteiger partial charge in [-0.1, -0.05) is 30.4 Å². The van der Waals surface area contributed by atoms with Gasteiger partial charge in [0.15, 0.2) is 6.04 Å². The minimum absolute atomic E-state index is 0.0147. The highest BCUT2D eigenvalue weighted by molar-refractivity contribution is 5.83. The minimum Gasteiger partial charge on any atom is -0.490 e. The number of nitrogens with one attached hydrogen (secondary N) is 1. The molecule has 0 spiro atoms. The van der Waals surface area contributed by atoms with Crippen LogP contribution in [-0.4, -0.2) is 31.6 Å². The Morgan fingerprint density at radius 1 is 1.35 bits per heavy atom. The average Bonchev–Trinajstić information content (AvgIpc) is 2.44. The van der Waals surface area contributed by atoms with Crippen molar-refractivity contribution in [2.75, 3.05) is 13.7 Å². The van der Waals surface area contributed by atoms with E-state index in [2.05, 4.69) is 10.1 Å². The number of rotatable bonds is 6. The average molecular weight is 277 g/mol. The van der Waals surface area contributed by atoms with E-state index in [1.54, 1.807) is 6.07 Å². The lowest BCUT2D eigenvalue weighted by Crippen LogP contribution is -2.44. The van der Waals surface area contributed by atoms with Crippen LogP contribution in [0.2, 0.25) is 0 Å². The Morgan fingerprint density at radius 3 is 2.65 bits per heavy atom. The lowest BCUT2D eigenvalue weighted by Gasteiger charge is -2.17. The summed E-state index contributed by atoms with van der Waals surface area (Å²) in [5.41, 5.74) is 0.904. The van der Waals surface area contributed by atoms with Crippen molar-refractivity contribution in [3.63, 3.8) is 0 Å². The zero-order valence-corrected chi connectivity index (χ0v) is 11.9. The molecule has 1 atom stereocenters. The summed E-state index contributed by atoms with van der Waals surface area (Å²) in [5.74, 6) is -0.209. The number of allylic oxidation sites excluding steroid dienone is 1. The van der Waals surface area contributed by atoms with E-state index in [4.69, 9.17) is 4.74 Å². The first-order chi connectivity index (χ1) is 9.58. The molecule has 1 amide bonds. The number of hydrogen-bond donors (Lipinski definition) is 1. The standard InChI is InChI=1S/C15H19NO4/c1-4-7-12-8-5-6-9-14(12)20-10-13(15(18)19-3)16-11(2)17/h4-9,13H,10H2,1-3H3,(H,16,17). The van der Waals surface area contributed by atoms with E-state index in [9.17, 15) is 9.59 Å². The van der Waals surface area contributed by atoms with Crippen LogP contribution in [0.3, 0.4) is 0 Å². The topological polar surface area (TPSA) is 64.6 Å². The van der Waals surface area contributed by atoms with Gasteiger partial charge in [0.1, 0.15) is 12.4 Å². The molecule has 0 saturated carbocycles. The van der Waals surface area contributed by atoms with Gasteiger partial charge in [-0.25, -0.2) is 4.79 Å². The van der Waals surface area contributed by atoms with Gasteiger partial charge in [0, 0.05) is 12.5 Å². The van der Waals surface area contributed by atoms with Crippen LogP contribution in [0.1, 0.15) is 19.4 Å².